The van der Waals surface area contributed by atoms with E-state index in [1.807, 2.05) is 12.2 Å². The van der Waals surface area contributed by atoms with Gasteiger partial charge in [0.1, 0.15) is 0 Å². The number of hydrogen-bond acceptors (Lipinski definition) is 4. The zero-order chi connectivity index (χ0) is 14.5. The van der Waals surface area contributed by atoms with Crippen LogP contribution in [0.25, 0.3) is 0 Å². The van der Waals surface area contributed by atoms with Crippen molar-refractivity contribution < 1.29 is 19.1 Å². The number of methoxy groups -OCH3 is 2. The van der Waals surface area contributed by atoms with E-state index in [1.54, 1.807) is 6.08 Å². The third-order valence-corrected chi connectivity index (χ3v) is 3.82. The predicted molar refractivity (Wildman–Crippen MR) is 72.7 cm³/mol. The van der Waals surface area contributed by atoms with Crippen LogP contribution in [0.2, 0.25) is 0 Å². The van der Waals surface area contributed by atoms with Crippen LogP contribution in [-0.4, -0.2) is 32.0 Å². The first-order chi connectivity index (χ1) is 9.05. The lowest BCUT2D eigenvalue weighted by molar-refractivity contribution is -0.168. The topological polar surface area (TPSA) is 52.6 Å². The van der Waals surface area contributed by atoms with Gasteiger partial charge in [0.2, 0.25) is 0 Å². The zero-order valence-electron chi connectivity index (χ0n) is 11.2. The second-order valence-electron chi connectivity index (χ2n) is 4.62. The van der Waals surface area contributed by atoms with Gasteiger partial charge in [0.15, 0.2) is 5.41 Å². The van der Waals surface area contributed by atoms with Crippen molar-refractivity contribution >= 4 is 23.5 Å². The lowest BCUT2D eigenvalue weighted by atomic mass is 9.85. The van der Waals surface area contributed by atoms with Crippen LogP contribution in [-0.2, 0) is 19.1 Å². The first-order valence-corrected chi connectivity index (χ1v) is 6.61. The third-order valence-electron chi connectivity index (χ3n) is 3.65. The van der Waals surface area contributed by atoms with Gasteiger partial charge in [-0.15, -0.1) is 18.2 Å². The molecule has 0 aromatic carbocycles. The Balaban J connectivity index is 3.08. The normalized spacial score (nSPS) is 25.2. The molecule has 4 nitrogen and oxygen atoms in total. The highest BCUT2D eigenvalue weighted by Crippen LogP contribution is 2.48. The van der Waals surface area contributed by atoms with Gasteiger partial charge in [-0.25, -0.2) is 0 Å². The lowest BCUT2D eigenvalue weighted by Gasteiger charge is -2.22. The summed E-state index contributed by atoms with van der Waals surface area (Å²) in [5, 5.41) is 0. The van der Waals surface area contributed by atoms with Crippen LogP contribution in [0.15, 0.2) is 24.8 Å². The molecule has 2 atom stereocenters. The Morgan fingerprint density at radius 2 is 1.79 bits per heavy atom. The van der Waals surface area contributed by atoms with Crippen LogP contribution in [0.4, 0.5) is 0 Å². The van der Waals surface area contributed by atoms with Gasteiger partial charge < -0.3 is 9.47 Å². The fourth-order valence-corrected chi connectivity index (χ4v) is 2.80. The highest BCUT2D eigenvalue weighted by atomic mass is 35.5. The summed E-state index contributed by atoms with van der Waals surface area (Å²) in [6.45, 7) is 3.77. The van der Waals surface area contributed by atoms with Gasteiger partial charge in [-0.2, -0.15) is 0 Å². The van der Waals surface area contributed by atoms with Crippen LogP contribution in [0.1, 0.15) is 12.8 Å². The number of carbonyl (C=O) groups excluding carboxylic acids is 2. The van der Waals surface area contributed by atoms with Gasteiger partial charge in [0.05, 0.1) is 14.2 Å². The summed E-state index contributed by atoms with van der Waals surface area (Å²) >= 11 is 5.63. The Morgan fingerprint density at radius 3 is 2.21 bits per heavy atom. The minimum atomic E-state index is -1.23. The quantitative estimate of drug-likeness (QED) is 0.337. The Kier molecular flexibility index (Phi) is 5.60. The van der Waals surface area contributed by atoms with Crippen LogP contribution in [0.5, 0.6) is 0 Å². The second kappa shape index (κ2) is 6.75. The maximum absolute atomic E-state index is 12.0. The molecule has 19 heavy (non-hydrogen) atoms. The molecule has 1 saturated carbocycles. The summed E-state index contributed by atoms with van der Waals surface area (Å²) in [6.07, 6.45) is 6.21. The van der Waals surface area contributed by atoms with Crippen LogP contribution >= 0.6 is 11.6 Å². The maximum atomic E-state index is 12.0. The molecule has 1 rings (SSSR count). The molecule has 0 radical (unpaired) electrons. The van der Waals surface area contributed by atoms with Crippen LogP contribution in [0, 0.1) is 17.3 Å². The van der Waals surface area contributed by atoms with Gasteiger partial charge in [0.25, 0.3) is 0 Å². The summed E-state index contributed by atoms with van der Waals surface area (Å²) in [6, 6.07) is 0. The number of esters is 2. The largest absolute Gasteiger partial charge is 0.468 e. The minimum Gasteiger partial charge on any atom is -0.468 e. The molecule has 0 bridgehead atoms. The van der Waals surface area contributed by atoms with E-state index in [0.29, 0.717) is 18.7 Å². The zero-order valence-corrected chi connectivity index (χ0v) is 12.0. The molecular weight excluding hydrogens is 268 g/mol. The number of rotatable bonds is 5. The highest BCUT2D eigenvalue weighted by Gasteiger charge is 2.55. The average Bonchev–Trinajstić information content (AvgIpc) is 2.83. The fourth-order valence-electron chi connectivity index (χ4n) is 2.69. The molecule has 0 aromatic rings. The monoisotopic (exact) mass is 286 g/mol. The van der Waals surface area contributed by atoms with E-state index in [0.717, 1.165) is 0 Å². The lowest BCUT2D eigenvalue weighted by Crippen LogP contribution is -2.39. The Labute approximate surface area is 118 Å². The van der Waals surface area contributed by atoms with Gasteiger partial charge >= 0.3 is 11.9 Å². The third kappa shape index (κ3) is 3.00. The molecular formula is C14H19ClO4. The van der Waals surface area contributed by atoms with Crippen LogP contribution in [0.3, 0.4) is 0 Å². The van der Waals surface area contributed by atoms with Gasteiger partial charge in [-0.05, 0) is 24.7 Å². The molecule has 106 valence electrons. The minimum absolute atomic E-state index is 0.0256. The van der Waals surface area contributed by atoms with Crippen molar-refractivity contribution in [1.29, 1.82) is 0 Å². The SMILES string of the molecule is C=C[C@H]1CC(C(=O)OC)(C(=O)OC)C[C@H]1/C=C/CCl. The van der Waals surface area contributed by atoms with Crippen molar-refractivity contribution in [3.05, 3.63) is 24.8 Å². The van der Waals surface area contributed by atoms with Crippen molar-refractivity contribution in [2.75, 3.05) is 20.1 Å². The molecule has 1 fully saturated rings. The first kappa shape index (κ1) is 15.8. The molecule has 5 heteroatoms. The molecule has 0 spiro atoms. The summed E-state index contributed by atoms with van der Waals surface area (Å²) in [5.74, 6) is -0.642. The van der Waals surface area contributed by atoms with E-state index in [1.165, 1.54) is 14.2 Å². The number of carbonyl (C=O) groups is 2. The molecule has 0 saturated heterocycles. The number of ether oxygens (including phenoxy) is 2. The average molecular weight is 287 g/mol. The Hall–Kier alpha value is -1.29. The van der Waals surface area contributed by atoms with E-state index in [4.69, 9.17) is 21.1 Å². The molecule has 0 aliphatic heterocycles. The number of hydrogen-bond donors (Lipinski definition) is 0. The van der Waals surface area contributed by atoms with Crippen LogP contribution < -0.4 is 0 Å². The second-order valence-corrected chi connectivity index (χ2v) is 4.93. The number of alkyl halides is 1. The Morgan fingerprint density at radius 1 is 1.26 bits per heavy atom. The van der Waals surface area contributed by atoms with Crippen molar-refractivity contribution in [3.63, 3.8) is 0 Å². The van der Waals surface area contributed by atoms with E-state index < -0.39 is 17.4 Å². The van der Waals surface area contributed by atoms with E-state index in [9.17, 15) is 9.59 Å². The number of halogens is 1. The molecule has 1 aliphatic carbocycles. The summed E-state index contributed by atoms with van der Waals surface area (Å²) in [5.41, 5.74) is -1.23. The molecule has 1 aliphatic rings. The number of allylic oxidation sites excluding steroid dienone is 3. The maximum Gasteiger partial charge on any atom is 0.323 e. The summed E-state index contributed by atoms with van der Waals surface area (Å²) in [4.78, 5) is 24.0. The molecule has 0 N–H and O–H groups in total. The van der Waals surface area contributed by atoms with Gasteiger partial charge in [0, 0.05) is 5.88 Å². The van der Waals surface area contributed by atoms with E-state index >= 15 is 0 Å². The fraction of sp³-hybridized carbons (Fsp3) is 0.571. The smallest absolute Gasteiger partial charge is 0.323 e. The molecule has 0 heterocycles. The molecule has 0 amide bonds. The van der Waals surface area contributed by atoms with Gasteiger partial charge in [-0.3, -0.25) is 9.59 Å². The predicted octanol–water partition coefficient (Wildman–Crippen LogP) is 2.33. The van der Waals surface area contributed by atoms with E-state index in [2.05, 4.69) is 6.58 Å². The van der Waals surface area contributed by atoms with Crippen molar-refractivity contribution in [2.24, 2.45) is 17.3 Å². The molecule has 0 unspecified atom stereocenters. The standard InChI is InChI=1S/C14H19ClO4/c1-4-10-8-14(12(16)18-2,13(17)19-3)9-11(10)6-5-7-15/h4-6,10-11H,1,7-9H2,2-3H3/b6-5+/t10-,11+/m0/s1. The van der Waals surface area contributed by atoms with E-state index in [-0.39, 0.29) is 11.8 Å². The first-order valence-electron chi connectivity index (χ1n) is 6.07. The Bertz CT molecular complexity index is 373. The summed E-state index contributed by atoms with van der Waals surface area (Å²) < 4.78 is 9.56. The highest BCUT2D eigenvalue weighted by molar-refractivity contribution is 6.18. The molecule has 0 aromatic heterocycles. The van der Waals surface area contributed by atoms with Crippen molar-refractivity contribution in [2.45, 2.75) is 12.8 Å². The van der Waals surface area contributed by atoms with Crippen molar-refractivity contribution in [1.82, 2.24) is 0 Å². The van der Waals surface area contributed by atoms with Crippen molar-refractivity contribution in [3.8, 4) is 0 Å². The summed E-state index contributed by atoms with van der Waals surface area (Å²) in [7, 11) is 2.55. The van der Waals surface area contributed by atoms with Gasteiger partial charge in [-0.1, -0.05) is 18.2 Å².